The first-order valence-electron chi connectivity index (χ1n) is 9.76. The van der Waals surface area contributed by atoms with E-state index in [4.69, 9.17) is 4.74 Å². The second kappa shape index (κ2) is 7.58. The summed E-state index contributed by atoms with van der Waals surface area (Å²) >= 11 is 0. The summed E-state index contributed by atoms with van der Waals surface area (Å²) in [5.41, 5.74) is 1.82. The largest absolute Gasteiger partial charge is 0.384 e. The van der Waals surface area contributed by atoms with Crippen molar-refractivity contribution in [3.63, 3.8) is 0 Å². The number of rotatable bonds is 4. The third-order valence-electron chi connectivity index (χ3n) is 5.57. The summed E-state index contributed by atoms with van der Waals surface area (Å²) in [5.74, 6) is 0.00338. The highest BCUT2D eigenvalue weighted by molar-refractivity contribution is 5.78. The molecule has 2 aromatic rings. The van der Waals surface area contributed by atoms with Gasteiger partial charge in [0.05, 0.1) is 31.9 Å². The molecule has 0 unspecified atom stereocenters. The van der Waals surface area contributed by atoms with E-state index in [0.717, 1.165) is 30.0 Å². The number of hydrogen-bond donors (Lipinski definition) is 1. The number of imidazole rings is 1. The molecular weight excluding hydrogens is 344 g/mol. The zero-order valence-electron chi connectivity index (χ0n) is 15.9. The average Bonchev–Trinajstić information content (AvgIpc) is 3.24. The van der Waals surface area contributed by atoms with Crippen molar-refractivity contribution in [3.8, 4) is 0 Å². The minimum Gasteiger partial charge on any atom is -0.384 e. The fraction of sp³-hybridized carbons (Fsp3) is 0.600. The predicted octanol–water partition coefficient (Wildman–Crippen LogP) is 0.871. The number of carbonyl (C=O) groups is 1. The molecule has 1 amide bonds. The van der Waals surface area contributed by atoms with Crippen LogP contribution in [0.1, 0.15) is 24.1 Å². The Balaban J connectivity index is 1.47. The SMILES string of the molecule is Cc1cccn2c(CC(=O)N3CCOC[C@](O)(CN4CCCC4)C3)cnc12. The van der Waals surface area contributed by atoms with E-state index in [-0.39, 0.29) is 18.9 Å². The van der Waals surface area contributed by atoms with Gasteiger partial charge in [-0.15, -0.1) is 0 Å². The number of amides is 1. The summed E-state index contributed by atoms with van der Waals surface area (Å²) in [5, 5.41) is 11.1. The standard InChI is InChI=1S/C20H28N4O3/c1-16-5-4-8-24-17(12-21-19(16)24)11-18(25)23-9-10-27-15-20(26,14-23)13-22-6-2-3-7-22/h4-5,8,12,26H,2-3,6-7,9-11,13-15H2,1H3/t20-/m0/s1. The van der Waals surface area contributed by atoms with Crippen LogP contribution in [-0.4, -0.2) is 81.7 Å². The summed E-state index contributed by atoms with van der Waals surface area (Å²) in [4.78, 5) is 21.4. The van der Waals surface area contributed by atoms with E-state index in [9.17, 15) is 9.90 Å². The third kappa shape index (κ3) is 4.00. The molecular formula is C20H28N4O3. The number of β-amino-alcohol motifs (C(OH)–C–C–N with tert-alkyl or cyclic N) is 1. The lowest BCUT2D eigenvalue weighted by atomic mass is 10.0. The number of pyridine rings is 1. The van der Waals surface area contributed by atoms with E-state index < -0.39 is 5.60 Å². The van der Waals surface area contributed by atoms with Crippen LogP contribution in [0.5, 0.6) is 0 Å². The zero-order chi connectivity index (χ0) is 18.9. The first-order chi connectivity index (χ1) is 13.0. The minimum absolute atomic E-state index is 0.00338. The molecule has 1 atom stereocenters. The van der Waals surface area contributed by atoms with Crippen LogP contribution in [-0.2, 0) is 16.0 Å². The van der Waals surface area contributed by atoms with Gasteiger partial charge >= 0.3 is 0 Å². The van der Waals surface area contributed by atoms with Crippen molar-refractivity contribution in [3.05, 3.63) is 35.8 Å². The number of aliphatic hydroxyl groups is 1. The first-order valence-corrected chi connectivity index (χ1v) is 9.76. The van der Waals surface area contributed by atoms with Gasteiger partial charge in [0.15, 0.2) is 0 Å². The van der Waals surface area contributed by atoms with Crippen LogP contribution in [0, 0.1) is 6.92 Å². The smallest absolute Gasteiger partial charge is 0.228 e. The van der Waals surface area contributed by atoms with Crippen LogP contribution in [0.25, 0.3) is 5.65 Å². The van der Waals surface area contributed by atoms with E-state index in [1.807, 2.05) is 29.7 Å². The Labute approximate surface area is 159 Å². The van der Waals surface area contributed by atoms with E-state index in [0.29, 0.717) is 26.2 Å². The van der Waals surface area contributed by atoms with E-state index in [2.05, 4.69) is 9.88 Å². The van der Waals surface area contributed by atoms with Gasteiger partial charge in [-0.3, -0.25) is 4.79 Å². The van der Waals surface area contributed by atoms with Gasteiger partial charge in [0.1, 0.15) is 11.2 Å². The molecule has 0 radical (unpaired) electrons. The van der Waals surface area contributed by atoms with Crippen molar-refractivity contribution >= 4 is 11.6 Å². The number of hydrogen-bond acceptors (Lipinski definition) is 5. The molecule has 0 bridgehead atoms. The molecule has 7 heteroatoms. The Kier molecular flexibility index (Phi) is 5.16. The fourth-order valence-electron chi connectivity index (χ4n) is 4.18. The summed E-state index contributed by atoms with van der Waals surface area (Å²) in [6, 6.07) is 3.98. The zero-order valence-corrected chi connectivity index (χ0v) is 15.9. The predicted molar refractivity (Wildman–Crippen MR) is 102 cm³/mol. The normalized spacial score (nSPS) is 24.4. The lowest BCUT2D eigenvalue weighted by Gasteiger charge is -2.34. The molecule has 0 aliphatic carbocycles. The van der Waals surface area contributed by atoms with E-state index in [1.54, 1.807) is 11.1 Å². The number of ether oxygens (including phenoxy) is 1. The summed E-state index contributed by atoms with van der Waals surface area (Å²) < 4.78 is 7.60. The highest BCUT2D eigenvalue weighted by Crippen LogP contribution is 2.19. The Hall–Kier alpha value is -1.96. The Morgan fingerprint density at radius 1 is 1.33 bits per heavy atom. The van der Waals surface area contributed by atoms with Crippen molar-refractivity contribution in [1.82, 2.24) is 19.2 Å². The molecule has 7 nitrogen and oxygen atoms in total. The van der Waals surface area contributed by atoms with E-state index >= 15 is 0 Å². The topological polar surface area (TPSA) is 70.3 Å². The summed E-state index contributed by atoms with van der Waals surface area (Å²) in [6.45, 7) is 6.16. The summed E-state index contributed by atoms with van der Waals surface area (Å²) in [6.07, 6.45) is 6.32. The maximum absolute atomic E-state index is 13.0. The van der Waals surface area contributed by atoms with E-state index in [1.165, 1.54) is 12.8 Å². The molecule has 2 saturated heterocycles. The lowest BCUT2D eigenvalue weighted by Crippen LogP contribution is -2.53. The quantitative estimate of drug-likeness (QED) is 0.863. The molecule has 4 rings (SSSR count). The van der Waals surface area contributed by atoms with Crippen LogP contribution >= 0.6 is 0 Å². The highest BCUT2D eigenvalue weighted by Gasteiger charge is 2.36. The number of nitrogens with zero attached hydrogens (tertiary/aromatic N) is 4. The van der Waals surface area contributed by atoms with Crippen molar-refractivity contribution in [2.45, 2.75) is 31.8 Å². The van der Waals surface area contributed by atoms with Crippen molar-refractivity contribution < 1.29 is 14.6 Å². The van der Waals surface area contributed by atoms with Gasteiger partial charge in [0, 0.05) is 25.5 Å². The fourth-order valence-corrected chi connectivity index (χ4v) is 4.18. The van der Waals surface area contributed by atoms with Gasteiger partial charge in [0.2, 0.25) is 5.91 Å². The maximum Gasteiger partial charge on any atom is 0.228 e. The molecule has 146 valence electrons. The van der Waals surface area contributed by atoms with Gasteiger partial charge in [-0.05, 0) is 44.5 Å². The van der Waals surface area contributed by atoms with Crippen LogP contribution in [0.15, 0.2) is 24.5 Å². The van der Waals surface area contributed by atoms with Crippen LogP contribution < -0.4 is 0 Å². The Bertz CT molecular complexity index is 815. The van der Waals surface area contributed by atoms with Crippen molar-refractivity contribution in [1.29, 1.82) is 0 Å². The van der Waals surface area contributed by atoms with Gasteiger partial charge in [-0.1, -0.05) is 6.07 Å². The molecule has 2 fully saturated rings. The van der Waals surface area contributed by atoms with Crippen LogP contribution in [0.4, 0.5) is 0 Å². The Morgan fingerprint density at radius 3 is 2.96 bits per heavy atom. The summed E-state index contributed by atoms with van der Waals surface area (Å²) in [7, 11) is 0. The number of carbonyl (C=O) groups excluding carboxylic acids is 1. The molecule has 27 heavy (non-hydrogen) atoms. The second-order valence-electron chi connectivity index (χ2n) is 7.89. The molecule has 2 aliphatic heterocycles. The second-order valence-corrected chi connectivity index (χ2v) is 7.89. The monoisotopic (exact) mass is 372 g/mol. The van der Waals surface area contributed by atoms with Gasteiger partial charge in [-0.25, -0.2) is 4.98 Å². The number of aromatic nitrogens is 2. The Morgan fingerprint density at radius 2 is 2.15 bits per heavy atom. The van der Waals surface area contributed by atoms with Crippen LogP contribution in [0.3, 0.4) is 0 Å². The molecule has 0 saturated carbocycles. The number of aryl methyl sites for hydroxylation is 1. The molecule has 2 aromatic heterocycles. The highest BCUT2D eigenvalue weighted by atomic mass is 16.5. The molecule has 2 aliphatic rings. The molecule has 0 spiro atoms. The average molecular weight is 372 g/mol. The molecule has 4 heterocycles. The minimum atomic E-state index is -1.01. The van der Waals surface area contributed by atoms with Gasteiger partial charge in [0.25, 0.3) is 0 Å². The maximum atomic E-state index is 13.0. The number of likely N-dealkylation sites (tertiary alicyclic amines) is 1. The van der Waals surface area contributed by atoms with Gasteiger partial charge in [-0.2, -0.15) is 0 Å². The van der Waals surface area contributed by atoms with Crippen LogP contribution in [0.2, 0.25) is 0 Å². The lowest BCUT2D eigenvalue weighted by molar-refractivity contribution is -0.133. The van der Waals surface area contributed by atoms with Crippen molar-refractivity contribution in [2.24, 2.45) is 0 Å². The van der Waals surface area contributed by atoms with Gasteiger partial charge < -0.3 is 24.0 Å². The molecule has 1 N–H and O–H groups in total. The van der Waals surface area contributed by atoms with Crippen molar-refractivity contribution in [2.75, 3.05) is 45.9 Å². The first kappa shape index (κ1) is 18.4. The molecule has 0 aromatic carbocycles. The number of fused-ring (bicyclic) bond motifs is 1. The third-order valence-corrected chi connectivity index (χ3v) is 5.57.